The number of hydrogen-bond acceptors (Lipinski definition) is 3. The standard InChI is InChI=1S/C15H17Cl2NO4/c1-8-10(15(20)21)6-7-18(8)14(19)9(2)22-12-5-3-4-11(16)13(12)17/h3-5,8-10H,6-7H2,1-2H3,(H,20,21). The zero-order valence-corrected chi connectivity index (χ0v) is 13.8. The van der Waals surface area contributed by atoms with Gasteiger partial charge >= 0.3 is 5.97 Å². The van der Waals surface area contributed by atoms with Gasteiger partial charge < -0.3 is 14.7 Å². The van der Waals surface area contributed by atoms with E-state index >= 15 is 0 Å². The summed E-state index contributed by atoms with van der Waals surface area (Å²) in [7, 11) is 0. The molecule has 1 aromatic carbocycles. The largest absolute Gasteiger partial charge is 0.481 e. The fourth-order valence-electron chi connectivity index (χ4n) is 2.63. The van der Waals surface area contributed by atoms with Crippen molar-refractivity contribution < 1.29 is 19.4 Å². The number of nitrogens with zero attached hydrogens (tertiary/aromatic N) is 1. The minimum atomic E-state index is -0.880. The first-order chi connectivity index (χ1) is 10.3. The summed E-state index contributed by atoms with van der Waals surface area (Å²) in [5.74, 6) is -1.34. The lowest BCUT2D eigenvalue weighted by Gasteiger charge is -2.26. The lowest BCUT2D eigenvalue weighted by Crippen LogP contribution is -2.44. The number of rotatable bonds is 4. The van der Waals surface area contributed by atoms with Gasteiger partial charge in [0.05, 0.1) is 10.9 Å². The number of carboxylic acids is 1. The third-order valence-electron chi connectivity index (χ3n) is 3.92. The van der Waals surface area contributed by atoms with Crippen LogP contribution in [0.1, 0.15) is 20.3 Å². The van der Waals surface area contributed by atoms with Crippen molar-refractivity contribution in [2.24, 2.45) is 5.92 Å². The van der Waals surface area contributed by atoms with Gasteiger partial charge in [-0.3, -0.25) is 9.59 Å². The summed E-state index contributed by atoms with van der Waals surface area (Å²) < 4.78 is 5.59. The zero-order valence-electron chi connectivity index (χ0n) is 12.3. The normalized spacial score (nSPS) is 22.5. The number of carbonyl (C=O) groups excluding carboxylic acids is 1. The number of aliphatic carboxylic acids is 1. The number of halogens is 2. The minimum absolute atomic E-state index is 0.252. The topological polar surface area (TPSA) is 66.8 Å². The van der Waals surface area contributed by atoms with Crippen LogP contribution in [-0.4, -0.2) is 40.6 Å². The lowest BCUT2D eigenvalue weighted by atomic mass is 10.0. The Kier molecular flexibility index (Phi) is 5.19. The fraction of sp³-hybridized carbons (Fsp3) is 0.467. The zero-order chi connectivity index (χ0) is 16.4. The highest BCUT2D eigenvalue weighted by molar-refractivity contribution is 6.42. The smallest absolute Gasteiger partial charge is 0.308 e. The molecule has 0 spiro atoms. The molecule has 2 rings (SSSR count). The molecule has 22 heavy (non-hydrogen) atoms. The molecular weight excluding hydrogens is 329 g/mol. The van der Waals surface area contributed by atoms with Gasteiger partial charge in [0.1, 0.15) is 10.8 Å². The average molecular weight is 346 g/mol. The van der Waals surface area contributed by atoms with Crippen LogP contribution in [-0.2, 0) is 9.59 Å². The first-order valence-corrected chi connectivity index (χ1v) is 7.72. The molecule has 1 saturated heterocycles. The molecule has 0 saturated carbocycles. The van der Waals surface area contributed by atoms with E-state index in [9.17, 15) is 9.59 Å². The first kappa shape index (κ1) is 16.9. The molecular formula is C15H17Cl2NO4. The quantitative estimate of drug-likeness (QED) is 0.910. The number of ether oxygens (including phenoxy) is 1. The van der Waals surface area contributed by atoms with E-state index in [1.54, 1.807) is 36.9 Å². The minimum Gasteiger partial charge on any atom is -0.481 e. The van der Waals surface area contributed by atoms with Crippen molar-refractivity contribution in [1.82, 2.24) is 4.90 Å². The van der Waals surface area contributed by atoms with Gasteiger partial charge in [-0.1, -0.05) is 29.3 Å². The van der Waals surface area contributed by atoms with Gasteiger partial charge in [0.2, 0.25) is 0 Å². The van der Waals surface area contributed by atoms with Crippen LogP contribution in [0.3, 0.4) is 0 Å². The molecule has 1 aromatic rings. The predicted molar refractivity (Wildman–Crippen MR) is 83.5 cm³/mol. The van der Waals surface area contributed by atoms with Crippen LogP contribution in [0, 0.1) is 5.92 Å². The van der Waals surface area contributed by atoms with E-state index in [0.717, 1.165) is 0 Å². The van der Waals surface area contributed by atoms with Crippen molar-refractivity contribution in [1.29, 1.82) is 0 Å². The summed E-state index contributed by atoms with van der Waals surface area (Å²) in [6, 6.07) is 4.58. The van der Waals surface area contributed by atoms with Gasteiger partial charge in [0, 0.05) is 12.6 Å². The summed E-state index contributed by atoms with van der Waals surface area (Å²) in [5, 5.41) is 9.72. The Morgan fingerprint density at radius 2 is 2.09 bits per heavy atom. The summed E-state index contributed by atoms with van der Waals surface area (Å²) in [6.45, 7) is 3.76. The Labute approximate surface area is 138 Å². The predicted octanol–water partition coefficient (Wildman–Crippen LogP) is 3.08. The molecule has 1 aliphatic rings. The van der Waals surface area contributed by atoms with Crippen LogP contribution in [0.4, 0.5) is 0 Å². The van der Waals surface area contributed by atoms with Crippen molar-refractivity contribution in [3.05, 3.63) is 28.2 Å². The van der Waals surface area contributed by atoms with Crippen molar-refractivity contribution in [2.45, 2.75) is 32.4 Å². The summed E-state index contributed by atoms with van der Waals surface area (Å²) in [6.07, 6.45) is -0.321. The second kappa shape index (κ2) is 6.75. The van der Waals surface area contributed by atoms with E-state index in [1.165, 1.54) is 0 Å². The maximum atomic E-state index is 12.5. The highest BCUT2D eigenvalue weighted by Gasteiger charge is 2.39. The second-order valence-electron chi connectivity index (χ2n) is 5.32. The molecule has 5 nitrogen and oxygen atoms in total. The van der Waals surface area contributed by atoms with Crippen LogP contribution in [0.25, 0.3) is 0 Å². The molecule has 3 unspecified atom stereocenters. The molecule has 1 amide bonds. The molecule has 1 fully saturated rings. The van der Waals surface area contributed by atoms with Crippen LogP contribution < -0.4 is 4.74 Å². The molecule has 1 N–H and O–H groups in total. The number of carbonyl (C=O) groups is 2. The van der Waals surface area contributed by atoms with E-state index < -0.39 is 18.0 Å². The number of likely N-dealkylation sites (tertiary alicyclic amines) is 1. The maximum absolute atomic E-state index is 12.5. The van der Waals surface area contributed by atoms with Gasteiger partial charge in [-0.2, -0.15) is 0 Å². The summed E-state index contributed by atoms with van der Waals surface area (Å²) in [5.41, 5.74) is 0. The molecule has 0 aromatic heterocycles. The Balaban J connectivity index is 2.07. The third-order valence-corrected chi connectivity index (χ3v) is 4.72. The molecule has 3 atom stereocenters. The van der Waals surface area contributed by atoms with Crippen molar-refractivity contribution in [3.63, 3.8) is 0 Å². The Hall–Kier alpha value is -1.46. The Morgan fingerprint density at radius 3 is 2.68 bits per heavy atom. The van der Waals surface area contributed by atoms with E-state index in [4.69, 9.17) is 33.0 Å². The third kappa shape index (κ3) is 3.31. The number of hydrogen-bond donors (Lipinski definition) is 1. The van der Waals surface area contributed by atoms with E-state index in [2.05, 4.69) is 0 Å². The van der Waals surface area contributed by atoms with Gasteiger partial charge in [0.25, 0.3) is 5.91 Å². The van der Waals surface area contributed by atoms with Crippen LogP contribution in [0.5, 0.6) is 5.75 Å². The lowest BCUT2D eigenvalue weighted by molar-refractivity contribution is -0.144. The molecule has 0 radical (unpaired) electrons. The van der Waals surface area contributed by atoms with E-state index in [-0.39, 0.29) is 17.0 Å². The van der Waals surface area contributed by atoms with Gasteiger partial charge in [0.15, 0.2) is 6.10 Å². The number of amides is 1. The Bertz CT molecular complexity index is 593. The molecule has 7 heteroatoms. The molecule has 0 bridgehead atoms. The first-order valence-electron chi connectivity index (χ1n) is 6.97. The van der Waals surface area contributed by atoms with Gasteiger partial charge in [-0.15, -0.1) is 0 Å². The fourth-order valence-corrected chi connectivity index (χ4v) is 2.97. The second-order valence-corrected chi connectivity index (χ2v) is 6.10. The van der Waals surface area contributed by atoms with Crippen LogP contribution in [0.15, 0.2) is 18.2 Å². The van der Waals surface area contributed by atoms with Crippen LogP contribution in [0.2, 0.25) is 10.0 Å². The van der Waals surface area contributed by atoms with E-state index in [0.29, 0.717) is 23.7 Å². The monoisotopic (exact) mass is 345 g/mol. The van der Waals surface area contributed by atoms with Crippen molar-refractivity contribution in [3.8, 4) is 5.75 Å². The number of benzene rings is 1. The van der Waals surface area contributed by atoms with Gasteiger partial charge in [-0.25, -0.2) is 0 Å². The highest BCUT2D eigenvalue weighted by atomic mass is 35.5. The maximum Gasteiger partial charge on any atom is 0.308 e. The van der Waals surface area contributed by atoms with Crippen molar-refractivity contribution >= 4 is 35.1 Å². The molecule has 120 valence electrons. The average Bonchev–Trinajstić information content (AvgIpc) is 2.85. The summed E-state index contributed by atoms with van der Waals surface area (Å²) in [4.78, 5) is 25.1. The van der Waals surface area contributed by atoms with Crippen molar-refractivity contribution in [2.75, 3.05) is 6.54 Å². The number of carboxylic acid groups (broad SMARTS) is 1. The molecule has 1 aliphatic heterocycles. The molecule has 0 aliphatic carbocycles. The highest BCUT2D eigenvalue weighted by Crippen LogP contribution is 2.33. The van der Waals surface area contributed by atoms with Gasteiger partial charge in [-0.05, 0) is 32.4 Å². The molecule has 1 heterocycles. The Morgan fingerprint density at radius 1 is 1.41 bits per heavy atom. The summed E-state index contributed by atoms with van der Waals surface area (Å²) >= 11 is 11.9. The van der Waals surface area contributed by atoms with Crippen LogP contribution >= 0.6 is 23.2 Å². The SMILES string of the molecule is CC(Oc1cccc(Cl)c1Cl)C(=O)N1CCC(C(=O)O)C1C. The van der Waals surface area contributed by atoms with E-state index in [1.807, 2.05) is 0 Å².